The summed E-state index contributed by atoms with van der Waals surface area (Å²) in [5.74, 6) is 1.46. The topological polar surface area (TPSA) is 68.5 Å². The van der Waals surface area contributed by atoms with Gasteiger partial charge in [0.05, 0.1) is 6.61 Å². The maximum atomic E-state index is 12.5. The van der Waals surface area contributed by atoms with Crippen LogP contribution in [-0.2, 0) is 0 Å². The first-order valence-electron chi connectivity index (χ1n) is 7.95. The fourth-order valence-electron chi connectivity index (χ4n) is 2.43. The SMILES string of the molecule is CCCCOc1ccc(NC(=O)c2sc3nnc(C)n3c2C)cc1. The van der Waals surface area contributed by atoms with Crippen molar-refractivity contribution < 1.29 is 9.53 Å². The van der Waals surface area contributed by atoms with Crippen LogP contribution in [0, 0.1) is 13.8 Å². The van der Waals surface area contributed by atoms with E-state index in [-0.39, 0.29) is 5.91 Å². The van der Waals surface area contributed by atoms with E-state index in [4.69, 9.17) is 4.74 Å². The van der Waals surface area contributed by atoms with Crippen LogP contribution in [0.3, 0.4) is 0 Å². The summed E-state index contributed by atoms with van der Waals surface area (Å²) in [6.45, 7) is 6.62. The monoisotopic (exact) mass is 344 g/mol. The van der Waals surface area contributed by atoms with Crippen molar-refractivity contribution in [3.05, 3.63) is 40.7 Å². The van der Waals surface area contributed by atoms with E-state index in [2.05, 4.69) is 22.4 Å². The number of anilines is 1. The Morgan fingerprint density at radius 1 is 1.25 bits per heavy atom. The summed E-state index contributed by atoms with van der Waals surface area (Å²) in [6.07, 6.45) is 2.14. The number of hydrogen-bond donors (Lipinski definition) is 1. The first kappa shape index (κ1) is 16.4. The average molecular weight is 344 g/mol. The number of nitrogens with zero attached hydrogens (tertiary/aromatic N) is 3. The van der Waals surface area contributed by atoms with Crippen molar-refractivity contribution in [3.8, 4) is 5.75 Å². The third-order valence-electron chi connectivity index (χ3n) is 3.74. The average Bonchev–Trinajstić information content (AvgIpc) is 3.10. The lowest BCUT2D eigenvalue weighted by molar-refractivity contribution is 0.102. The van der Waals surface area contributed by atoms with E-state index in [0.717, 1.165) is 40.8 Å². The highest BCUT2D eigenvalue weighted by Gasteiger charge is 2.18. The molecule has 2 heterocycles. The van der Waals surface area contributed by atoms with E-state index < -0.39 is 0 Å². The van der Waals surface area contributed by atoms with Gasteiger partial charge in [0.15, 0.2) is 0 Å². The van der Waals surface area contributed by atoms with E-state index in [1.54, 1.807) is 0 Å². The lowest BCUT2D eigenvalue weighted by atomic mass is 10.3. The molecule has 3 rings (SSSR count). The predicted octanol–water partition coefficient (Wildman–Crippen LogP) is 3.84. The first-order chi connectivity index (χ1) is 11.6. The Morgan fingerprint density at radius 3 is 2.67 bits per heavy atom. The fourth-order valence-corrected chi connectivity index (χ4v) is 3.44. The van der Waals surface area contributed by atoms with E-state index in [9.17, 15) is 4.79 Å². The van der Waals surface area contributed by atoms with Crippen LogP contribution in [-0.4, -0.2) is 27.1 Å². The molecular weight excluding hydrogens is 324 g/mol. The number of ether oxygens (including phenoxy) is 1. The van der Waals surface area contributed by atoms with Gasteiger partial charge < -0.3 is 10.1 Å². The highest BCUT2D eigenvalue weighted by Crippen LogP contribution is 2.24. The third-order valence-corrected chi connectivity index (χ3v) is 4.87. The second-order valence-electron chi connectivity index (χ2n) is 5.56. The minimum Gasteiger partial charge on any atom is -0.494 e. The Hall–Kier alpha value is -2.41. The predicted molar refractivity (Wildman–Crippen MR) is 95.1 cm³/mol. The standard InChI is InChI=1S/C17H20N4O2S/c1-4-5-10-23-14-8-6-13(7-9-14)18-16(22)15-11(2)21-12(3)19-20-17(21)24-15/h6-9H,4-5,10H2,1-3H3,(H,18,22). The fraction of sp³-hybridized carbons (Fsp3) is 0.353. The molecule has 0 atom stereocenters. The van der Waals surface area contributed by atoms with Gasteiger partial charge in [-0.05, 0) is 44.5 Å². The van der Waals surface area contributed by atoms with Crippen LogP contribution < -0.4 is 10.1 Å². The number of fused-ring (bicyclic) bond motifs is 1. The van der Waals surface area contributed by atoms with Crippen molar-refractivity contribution in [3.63, 3.8) is 0 Å². The van der Waals surface area contributed by atoms with Gasteiger partial charge in [-0.3, -0.25) is 9.20 Å². The highest BCUT2D eigenvalue weighted by atomic mass is 32.1. The molecule has 24 heavy (non-hydrogen) atoms. The Labute approximate surface area is 144 Å². The van der Waals surface area contributed by atoms with Crippen molar-refractivity contribution in [1.82, 2.24) is 14.6 Å². The molecule has 1 amide bonds. The molecule has 126 valence electrons. The van der Waals surface area contributed by atoms with Gasteiger partial charge in [-0.1, -0.05) is 24.7 Å². The molecule has 7 heteroatoms. The third kappa shape index (κ3) is 3.26. The Kier molecular flexibility index (Phi) is 4.80. The van der Waals surface area contributed by atoms with Crippen LogP contribution >= 0.6 is 11.3 Å². The molecule has 0 bridgehead atoms. The summed E-state index contributed by atoms with van der Waals surface area (Å²) in [4.78, 5) is 13.9. The smallest absolute Gasteiger partial charge is 0.267 e. The van der Waals surface area contributed by atoms with Crippen LogP contribution in [0.4, 0.5) is 5.69 Å². The molecule has 6 nitrogen and oxygen atoms in total. The normalized spacial score (nSPS) is 11.0. The molecule has 3 aromatic rings. The number of carbonyl (C=O) groups excluding carboxylic acids is 1. The van der Waals surface area contributed by atoms with Crippen molar-refractivity contribution in [2.24, 2.45) is 0 Å². The molecule has 0 unspecified atom stereocenters. The van der Waals surface area contributed by atoms with Crippen molar-refractivity contribution in [2.45, 2.75) is 33.6 Å². The Bertz CT molecular complexity index is 851. The van der Waals surface area contributed by atoms with E-state index in [0.29, 0.717) is 11.5 Å². The molecule has 2 aromatic heterocycles. The summed E-state index contributed by atoms with van der Waals surface area (Å²) >= 11 is 1.34. The van der Waals surface area contributed by atoms with E-state index in [1.807, 2.05) is 42.5 Å². The molecule has 0 aliphatic carbocycles. The van der Waals surface area contributed by atoms with Gasteiger partial charge in [0.2, 0.25) is 4.96 Å². The summed E-state index contributed by atoms with van der Waals surface area (Å²) in [5, 5.41) is 11.0. The number of thiazole rings is 1. The second-order valence-corrected chi connectivity index (χ2v) is 6.54. The number of aromatic nitrogens is 3. The molecule has 0 saturated heterocycles. The molecule has 1 N–H and O–H groups in total. The van der Waals surface area contributed by atoms with Crippen LogP contribution in [0.15, 0.2) is 24.3 Å². The summed E-state index contributed by atoms with van der Waals surface area (Å²) in [6, 6.07) is 7.43. The molecule has 0 spiro atoms. The summed E-state index contributed by atoms with van der Waals surface area (Å²) in [5.41, 5.74) is 1.60. The number of rotatable bonds is 6. The van der Waals surface area contributed by atoms with Crippen LogP contribution in [0.1, 0.15) is 41.0 Å². The van der Waals surface area contributed by atoms with Crippen LogP contribution in [0.2, 0.25) is 0 Å². The van der Waals surface area contributed by atoms with Gasteiger partial charge in [-0.2, -0.15) is 0 Å². The van der Waals surface area contributed by atoms with Crippen molar-refractivity contribution in [2.75, 3.05) is 11.9 Å². The summed E-state index contributed by atoms with van der Waals surface area (Å²) < 4.78 is 7.52. The Morgan fingerprint density at radius 2 is 2.00 bits per heavy atom. The number of aryl methyl sites for hydroxylation is 2. The van der Waals surface area contributed by atoms with Gasteiger partial charge in [0.1, 0.15) is 16.5 Å². The highest BCUT2D eigenvalue weighted by molar-refractivity contribution is 7.19. The van der Waals surface area contributed by atoms with Gasteiger partial charge in [-0.15, -0.1) is 10.2 Å². The Balaban J connectivity index is 1.70. The van der Waals surface area contributed by atoms with Crippen LogP contribution in [0.25, 0.3) is 4.96 Å². The number of hydrogen-bond acceptors (Lipinski definition) is 5. The van der Waals surface area contributed by atoms with Gasteiger partial charge in [0.25, 0.3) is 5.91 Å². The van der Waals surface area contributed by atoms with Crippen molar-refractivity contribution in [1.29, 1.82) is 0 Å². The number of nitrogens with one attached hydrogen (secondary N) is 1. The van der Waals surface area contributed by atoms with E-state index >= 15 is 0 Å². The zero-order valence-corrected chi connectivity index (χ0v) is 14.8. The minimum absolute atomic E-state index is 0.137. The van der Waals surface area contributed by atoms with Gasteiger partial charge in [0, 0.05) is 11.4 Å². The second kappa shape index (κ2) is 7.00. The van der Waals surface area contributed by atoms with E-state index in [1.165, 1.54) is 11.3 Å². The zero-order valence-electron chi connectivity index (χ0n) is 14.0. The zero-order chi connectivity index (χ0) is 17.1. The molecule has 0 aliphatic heterocycles. The first-order valence-corrected chi connectivity index (χ1v) is 8.77. The molecular formula is C17H20N4O2S. The van der Waals surface area contributed by atoms with Gasteiger partial charge >= 0.3 is 0 Å². The minimum atomic E-state index is -0.137. The quantitative estimate of drug-likeness (QED) is 0.690. The number of amides is 1. The van der Waals surface area contributed by atoms with Crippen LogP contribution in [0.5, 0.6) is 5.75 Å². The lowest BCUT2D eigenvalue weighted by Crippen LogP contribution is -2.12. The molecule has 0 fully saturated rings. The molecule has 0 aliphatic rings. The molecule has 0 saturated carbocycles. The van der Waals surface area contributed by atoms with Crippen molar-refractivity contribution >= 4 is 27.9 Å². The number of carbonyl (C=O) groups is 1. The number of benzene rings is 1. The maximum Gasteiger partial charge on any atom is 0.267 e. The summed E-state index contributed by atoms with van der Waals surface area (Å²) in [7, 11) is 0. The lowest BCUT2D eigenvalue weighted by Gasteiger charge is -2.07. The molecule has 1 aromatic carbocycles. The largest absolute Gasteiger partial charge is 0.494 e. The number of unbranched alkanes of at least 4 members (excludes halogenated alkanes) is 1. The van der Waals surface area contributed by atoms with Gasteiger partial charge in [-0.25, -0.2) is 0 Å². The molecule has 0 radical (unpaired) electrons. The maximum absolute atomic E-state index is 12.5.